The Morgan fingerprint density at radius 1 is 1.12 bits per heavy atom. The Morgan fingerprint density at radius 3 is 2.62 bits per heavy atom. The average Bonchev–Trinajstić information content (AvgIpc) is 2.93. The maximum absolute atomic E-state index is 6.36. The van der Waals surface area contributed by atoms with Gasteiger partial charge in [0.2, 0.25) is 0 Å². The molecule has 0 atom stereocenters. The number of benzene rings is 2. The molecule has 0 bridgehead atoms. The first-order valence-corrected chi connectivity index (χ1v) is 8.81. The minimum Gasteiger partial charge on any atom is -0.496 e. The van der Waals surface area contributed by atoms with Crippen LogP contribution in [0.2, 0.25) is 5.02 Å². The van der Waals surface area contributed by atoms with E-state index in [2.05, 4.69) is 35.0 Å². The number of methoxy groups -OCH3 is 1. The molecule has 0 amide bonds. The third kappa shape index (κ3) is 3.75. The monoisotopic (exact) mass is 367 g/mol. The molecule has 0 aliphatic rings. The van der Waals surface area contributed by atoms with Crippen LogP contribution in [0.1, 0.15) is 22.5 Å². The van der Waals surface area contributed by atoms with Crippen LogP contribution in [0, 0.1) is 13.8 Å². The zero-order valence-electron chi connectivity index (χ0n) is 15.2. The molecule has 5 heteroatoms. The second kappa shape index (κ2) is 8.11. The Morgan fingerprint density at radius 2 is 1.85 bits per heavy atom. The van der Waals surface area contributed by atoms with Crippen LogP contribution in [-0.4, -0.2) is 17.9 Å². The quantitative estimate of drug-likeness (QED) is 0.498. The number of aryl methyl sites for hydroxylation is 1. The van der Waals surface area contributed by atoms with Crippen LogP contribution in [0.3, 0.4) is 0 Å². The van der Waals surface area contributed by atoms with Crippen molar-refractivity contribution in [2.24, 2.45) is 5.10 Å². The van der Waals surface area contributed by atoms with E-state index in [-0.39, 0.29) is 0 Å². The molecular weight excluding hydrogens is 346 g/mol. The molecule has 2 aromatic carbocycles. The lowest BCUT2D eigenvalue weighted by molar-refractivity contribution is 0.408. The first kappa shape index (κ1) is 18.1. The van der Waals surface area contributed by atoms with Crippen molar-refractivity contribution in [1.82, 2.24) is 9.99 Å². The number of hydrazone groups is 1. The van der Waals surface area contributed by atoms with E-state index in [0.717, 1.165) is 39.0 Å². The Labute approximate surface area is 159 Å². The van der Waals surface area contributed by atoms with Crippen molar-refractivity contribution in [2.45, 2.75) is 20.4 Å². The summed E-state index contributed by atoms with van der Waals surface area (Å²) >= 11 is 6.36. The highest BCUT2D eigenvalue weighted by molar-refractivity contribution is 6.32. The van der Waals surface area contributed by atoms with Gasteiger partial charge in [-0.3, -0.25) is 0 Å². The van der Waals surface area contributed by atoms with E-state index in [4.69, 9.17) is 16.3 Å². The molecule has 0 fully saturated rings. The molecule has 26 heavy (non-hydrogen) atoms. The van der Waals surface area contributed by atoms with Crippen LogP contribution in [0.15, 0.2) is 59.7 Å². The highest BCUT2D eigenvalue weighted by atomic mass is 35.5. The normalized spacial score (nSPS) is 11.1. The largest absolute Gasteiger partial charge is 0.496 e. The summed E-state index contributed by atoms with van der Waals surface area (Å²) in [6.45, 7) is 4.73. The zero-order chi connectivity index (χ0) is 18.5. The number of para-hydroxylation sites is 2. The smallest absolute Gasteiger partial charge is 0.123 e. The van der Waals surface area contributed by atoms with Gasteiger partial charge in [-0.2, -0.15) is 5.10 Å². The van der Waals surface area contributed by atoms with E-state index in [1.807, 2.05) is 54.7 Å². The van der Waals surface area contributed by atoms with Crippen molar-refractivity contribution in [3.63, 3.8) is 0 Å². The van der Waals surface area contributed by atoms with Crippen molar-refractivity contribution in [1.29, 1.82) is 0 Å². The molecule has 1 N–H and O–H groups in total. The predicted molar refractivity (Wildman–Crippen MR) is 108 cm³/mol. The second-order valence-corrected chi connectivity index (χ2v) is 6.43. The van der Waals surface area contributed by atoms with Crippen molar-refractivity contribution in [3.8, 4) is 11.4 Å². The fourth-order valence-electron chi connectivity index (χ4n) is 3.02. The Kier molecular flexibility index (Phi) is 5.64. The lowest BCUT2D eigenvalue weighted by Gasteiger charge is -2.11. The summed E-state index contributed by atoms with van der Waals surface area (Å²) < 4.78 is 7.49. The van der Waals surface area contributed by atoms with E-state index in [9.17, 15) is 0 Å². The first-order chi connectivity index (χ1) is 12.6. The van der Waals surface area contributed by atoms with E-state index in [0.29, 0.717) is 6.54 Å². The van der Waals surface area contributed by atoms with Crippen molar-refractivity contribution in [2.75, 3.05) is 7.11 Å². The topological polar surface area (TPSA) is 38.5 Å². The summed E-state index contributed by atoms with van der Waals surface area (Å²) in [5.41, 5.74) is 8.39. The number of nitrogens with one attached hydrogen (secondary N) is 1. The number of hydrogen-bond acceptors (Lipinski definition) is 3. The number of aromatic nitrogens is 1. The van der Waals surface area contributed by atoms with Crippen molar-refractivity contribution >= 4 is 17.8 Å². The number of halogens is 1. The molecule has 1 aromatic heterocycles. The molecule has 0 saturated heterocycles. The number of ether oxygens (including phenoxy) is 1. The van der Waals surface area contributed by atoms with Gasteiger partial charge in [-0.15, -0.1) is 0 Å². The van der Waals surface area contributed by atoms with Crippen LogP contribution < -0.4 is 10.2 Å². The van der Waals surface area contributed by atoms with E-state index < -0.39 is 0 Å². The van der Waals surface area contributed by atoms with Gasteiger partial charge in [0.25, 0.3) is 0 Å². The molecule has 0 saturated carbocycles. The third-order valence-corrected chi connectivity index (χ3v) is 4.64. The highest BCUT2D eigenvalue weighted by Gasteiger charge is 2.11. The van der Waals surface area contributed by atoms with Gasteiger partial charge in [-0.1, -0.05) is 41.9 Å². The van der Waals surface area contributed by atoms with Crippen LogP contribution in [0.5, 0.6) is 5.75 Å². The zero-order valence-corrected chi connectivity index (χ0v) is 15.9. The summed E-state index contributed by atoms with van der Waals surface area (Å²) in [6.07, 6.45) is 1.84. The van der Waals surface area contributed by atoms with Crippen LogP contribution in [0.4, 0.5) is 0 Å². The van der Waals surface area contributed by atoms with Crippen molar-refractivity contribution in [3.05, 3.63) is 82.1 Å². The van der Waals surface area contributed by atoms with Gasteiger partial charge in [0, 0.05) is 22.5 Å². The van der Waals surface area contributed by atoms with Gasteiger partial charge in [0.05, 0.1) is 30.6 Å². The molecule has 0 radical (unpaired) electrons. The molecule has 0 aliphatic heterocycles. The molecule has 3 rings (SSSR count). The minimum atomic E-state index is 0.601. The Balaban J connectivity index is 1.76. The van der Waals surface area contributed by atoms with Gasteiger partial charge in [-0.05, 0) is 38.1 Å². The minimum absolute atomic E-state index is 0.601. The SMILES string of the molecule is COc1ccccc1CN/N=C/c1cc(C)n(-c2ccccc2Cl)c1C. The van der Waals surface area contributed by atoms with Crippen molar-refractivity contribution < 1.29 is 4.74 Å². The molecule has 0 unspecified atom stereocenters. The van der Waals surface area contributed by atoms with Gasteiger partial charge in [0.1, 0.15) is 5.75 Å². The van der Waals surface area contributed by atoms with Crippen LogP contribution >= 0.6 is 11.6 Å². The number of nitrogens with zero attached hydrogens (tertiary/aromatic N) is 2. The molecule has 1 heterocycles. The van der Waals surface area contributed by atoms with E-state index in [1.54, 1.807) is 7.11 Å². The Hall–Kier alpha value is -2.72. The number of hydrogen-bond donors (Lipinski definition) is 1. The van der Waals surface area contributed by atoms with E-state index in [1.165, 1.54) is 0 Å². The van der Waals surface area contributed by atoms with Gasteiger partial charge < -0.3 is 14.7 Å². The molecule has 134 valence electrons. The van der Waals surface area contributed by atoms with E-state index >= 15 is 0 Å². The fraction of sp³-hybridized carbons (Fsp3) is 0.190. The van der Waals surface area contributed by atoms with Gasteiger partial charge >= 0.3 is 0 Å². The summed E-state index contributed by atoms with van der Waals surface area (Å²) in [5, 5.41) is 5.10. The van der Waals surface area contributed by atoms with Crippen LogP contribution in [-0.2, 0) is 6.54 Å². The third-order valence-electron chi connectivity index (χ3n) is 4.32. The van der Waals surface area contributed by atoms with Crippen LogP contribution in [0.25, 0.3) is 5.69 Å². The maximum atomic E-state index is 6.36. The molecular formula is C21H22ClN3O. The summed E-state index contributed by atoms with van der Waals surface area (Å²) in [6, 6.07) is 17.8. The molecule has 0 aliphatic carbocycles. The lowest BCUT2D eigenvalue weighted by atomic mass is 10.2. The summed E-state index contributed by atoms with van der Waals surface area (Å²) in [5.74, 6) is 0.854. The van der Waals surface area contributed by atoms with Gasteiger partial charge in [-0.25, -0.2) is 0 Å². The molecule has 0 spiro atoms. The second-order valence-electron chi connectivity index (χ2n) is 6.02. The van der Waals surface area contributed by atoms with Gasteiger partial charge in [0.15, 0.2) is 0 Å². The summed E-state index contributed by atoms with van der Waals surface area (Å²) in [4.78, 5) is 0. The average molecular weight is 368 g/mol. The number of rotatable bonds is 6. The predicted octanol–water partition coefficient (Wildman–Crippen LogP) is 4.88. The first-order valence-electron chi connectivity index (χ1n) is 8.43. The standard InChI is InChI=1S/C21H22ClN3O/c1-15-12-18(16(2)25(15)20-10-6-5-9-19(20)22)14-24-23-13-17-8-4-7-11-21(17)26-3/h4-12,14,23H,13H2,1-3H3/b24-14+. The summed E-state index contributed by atoms with van der Waals surface area (Å²) in [7, 11) is 1.67. The molecule has 4 nitrogen and oxygen atoms in total. The fourth-order valence-corrected chi connectivity index (χ4v) is 3.24. The lowest BCUT2D eigenvalue weighted by Crippen LogP contribution is -2.07. The Bertz CT molecular complexity index is 931. The highest BCUT2D eigenvalue weighted by Crippen LogP contribution is 2.25. The molecule has 3 aromatic rings. The maximum Gasteiger partial charge on any atom is 0.123 e.